The summed E-state index contributed by atoms with van der Waals surface area (Å²) in [5.74, 6) is -1.10. The smallest absolute Gasteiger partial charge is 0.252 e. The summed E-state index contributed by atoms with van der Waals surface area (Å²) in [7, 11) is 0. The van der Waals surface area contributed by atoms with E-state index in [0.29, 0.717) is 0 Å². The van der Waals surface area contributed by atoms with E-state index in [0.717, 1.165) is 0 Å². The average Bonchev–Trinajstić information content (AvgIpc) is 1.94. The third kappa shape index (κ3) is 1.40. The van der Waals surface area contributed by atoms with Gasteiger partial charge in [-0.25, -0.2) is 4.98 Å². The monoisotopic (exact) mass is 172 g/mol. The van der Waals surface area contributed by atoms with E-state index in [4.69, 9.17) is 22.4 Å². The Kier molecular flexibility index (Phi) is 1.96. The number of amides is 1. The lowest BCUT2D eigenvalue weighted by atomic mass is 10.2. The molecule has 1 rings (SSSR count). The number of hydrogen-bond donors (Lipinski definition) is 2. The Hall–Kier alpha value is -1.29. The number of hydrogen-bond acceptors (Lipinski definition) is 3. The molecule has 0 aromatic carbocycles. The van der Waals surface area contributed by atoms with Crippen molar-refractivity contribution in [3.05, 3.63) is 23.0 Å². The molecule has 58 valence electrons. The van der Waals surface area contributed by atoms with Crippen LogP contribution in [-0.2, 0) is 0 Å². The Morgan fingerprint density at radius 3 is 2.82 bits per heavy atom. The Morgan fingerprint density at radius 2 is 2.36 bits per heavy atom. The summed E-state index contributed by atoms with van der Waals surface area (Å²) < 4.78 is 0. The van der Waals surface area contributed by atoms with Gasteiger partial charge in [-0.2, -0.15) is 0 Å². The molecule has 1 amide bonds. The van der Waals surface area contributed by atoms with Gasteiger partial charge in [-0.15, -0.1) is 0 Å². The zero-order valence-electron chi connectivity index (χ0n) is 5.41. The third-order valence-electron chi connectivity index (χ3n) is 1.15. The van der Waals surface area contributed by atoms with Gasteiger partial charge in [0.2, 0.25) is 0 Å². The highest BCUT2D eigenvalue weighted by Gasteiger charge is 2.09. The molecule has 0 saturated heterocycles. The molecule has 11 heavy (non-hydrogen) atoms. The molecular formula is C6H5ClN2O2. The number of carbonyl (C=O) groups excluding carboxylic acids is 1. The zero-order chi connectivity index (χ0) is 8.43. The Balaban J connectivity index is 3.27. The summed E-state index contributed by atoms with van der Waals surface area (Å²) >= 11 is 5.39. The van der Waals surface area contributed by atoms with Gasteiger partial charge in [-0.1, -0.05) is 11.6 Å². The molecule has 0 saturated carbocycles. The van der Waals surface area contributed by atoms with Gasteiger partial charge in [0.25, 0.3) is 5.91 Å². The van der Waals surface area contributed by atoms with Gasteiger partial charge in [0.05, 0.1) is 5.56 Å². The van der Waals surface area contributed by atoms with E-state index in [1.165, 1.54) is 12.3 Å². The van der Waals surface area contributed by atoms with Crippen LogP contribution in [0.5, 0.6) is 5.75 Å². The number of aromatic hydroxyl groups is 1. The van der Waals surface area contributed by atoms with Crippen LogP contribution >= 0.6 is 11.6 Å². The molecule has 0 aliphatic carbocycles. The molecule has 0 aliphatic rings. The molecule has 0 bridgehead atoms. The summed E-state index contributed by atoms with van der Waals surface area (Å²) in [5, 5.41) is 8.95. The summed E-state index contributed by atoms with van der Waals surface area (Å²) in [6, 6.07) is 1.30. The second-order valence-corrected chi connectivity index (χ2v) is 2.22. The minimum Gasteiger partial charge on any atom is -0.504 e. The van der Waals surface area contributed by atoms with E-state index in [1.54, 1.807) is 0 Å². The Bertz CT molecular complexity index is 301. The topological polar surface area (TPSA) is 76.2 Å². The van der Waals surface area contributed by atoms with Crippen molar-refractivity contribution in [1.82, 2.24) is 4.98 Å². The largest absolute Gasteiger partial charge is 0.504 e. The van der Waals surface area contributed by atoms with Crippen molar-refractivity contribution in [2.75, 3.05) is 0 Å². The van der Waals surface area contributed by atoms with Gasteiger partial charge in [0.15, 0.2) is 10.9 Å². The number of halogens is 1. The van der Waals surface area contributed by atoms with Crippen LogP contribution < -0.4 is 5.73 Å². The fourth-order valence-electron chi connectivity index (χ4n) is 0.627. The summed E-state index contributed by atoms with van der Waals surface area (Å²) in [4.78, 5) is 14.1. The Labute approximate surface area is 67.6 Å². The first-order valence-corrected chi connectivity index (χ1v) is 3.14. The van der Waals surface area contributed by atoms with Gasteiger partial charge in [-0.3, -0.25) is 4.79 Å². The van der Waals surface area contributed by atoms with Crippen LogP contribution in [0, 0.1) is 0 Å². The van der Waals surface area contributed by atoms with Gasteiger partial charge < -0.3 is 10.8 Å². The standard InChI is InChI=1S/C6H5ClN2O2/c7-5-4(10)3(6(8)11)1-2-9-5/h1-2,10H,(H2,8,11). The van der Waals surface area contributed by atoms with Gasteiger partial charge >= 0.3 is 0 Å². The molecule has 0 radical (unpaired) electrons. The summed E-state index contributed by atoms with van der Waals surface area (Å²) in [5.41, 5.74) is 4.87. The van der Waals surface area contributed by atoms with Crippen LogP contribution in [-0.4, -0.2) is 16.0 Å². The molecule has 0 unspecified atom stereocenters. The summed E-state index contributed by atoms with van der Waals surface area (Å²) in [6.45, 7) is 0. The van der Waals surface area contributed by atoms with Crippen molar-refractivity contribution in [2.24, 2.45) is 5.73 Å². The molecular weight excluding hydrogens is 168 g/mol. The van der Waals surface area contributed by atoms with Gasteiger partial charge in [-0.05, 0) is 6.07 Å². The average molecular weight is 173 g/mol. The highest BCUT2D eigenvalue weighted by atomic mass is 35.5. The number of carbonyl (C=O) groups is 1. The lowest BCUT2D eigenvalue weighted by molar-refractivity contribution is 0.0997. The fourth-order valence-corrected chi connectivity index (χ4v) is 0.785. The van der Waals surface area contributed by atoms with Crippen molar-refractivity contribution >= 4 is 17.5 Å². The normalized spacial score (nSPS) is 9.55. The van der Waals surface area contributed by atoms with E-state index < -0.39 is 5.91 Å². The van der Waals surface area contributed by atoms with Crippen molar-refractivity contribution in [2.45, 2.75) is 0 Å². The molecule has 0 fully saturated rings. The lowest BCUT2D eigenvalue weighted by Crippen LogP contribution is -2.11. The van der Waals surface area contributed by atoms with E-state index in [-0.39, 0.29) is 16.5 Å². The van der Waals surface area contributed by atoms with Crippen molar-refractivity contribution in [3.8, 4) is 5.75 Å². The maximum atomic E-state index is 10.5. The molecule has 4 nitrogen and oxygen atoms in total. The molecule has 3 N–H and O–H groups in total. The van der Waals surface area contributed by atoms with Crippen molar-refractivity contribution in [3.63, 3.8) is 0 Å². The van der Waals surface area contributed by atoms with E-state index in [9.17, 15) is 4.79 Å². The molecule has 1 aromatic heterocycles. The Morgan fingerprint density at radius 1 is 1.73 bits per heavy atom. The lowest BCUT2D eigenvalue weighted by Gasteiger charge is -1.99. The second-order valence-electron chi connectivity index (χ2n) is 1.86. The molecule has 5 heteroatoms. The van der Waals surface area contributed by atoms with Crippen LogP contribution in [0.15, 0.2) is 12.3 Å². The van der Waals surface area contributed by atoms with Gasteiger partial charge in [0.1, 0.15) is 0 Å². The SMILES string of the molecule is NC(=O)c1ccnc(Cl)c1O. The van der Waals surface area contributed by atoms with Crippen LogP contribution in [0.25, 0.3) is 0 Å². The van der Waals surface area contributed by atoms with Gasteiger partial charge in [0, 0.05) is 6.20 Å². The number of rotatable bonds is 1. The minimum absolute atomic E-state index is 0.0231. The van der Waals surface area contributed by atoms with E-state index >= 15 is 0 Å². The predicted molar refractivity (Wildman–Crippen MR) is 39.4 cm³/mol. The zero-order valence-corrected chi connectivity index (χ0v) is 6.17. The highest BCUT2D eigenvalue weighted by Crippen LogP contribution is 2.23. The third-order valence-corrected chi connectivity index (χ3v) is 1.42. The number of primary amides is 1. The minimum atomic E-state index is -0.730. The molecule has 0 spiro atoms. The van der Waals surface area contributed by atoms with Crippen molar-refractivity contribution in [1.29, 1.82) is 0 Å². The first-order valence-electron chi connectivity index (χ1n) is 2.76. The number of nitrogens with zero attached hydrogens (tertiary/aromatic N) is 1. The van der Waals surface area contributed by atoms with Crippen LogP contribution in [0.2, 0.25) is 5.15 Å². The molecule has 0 aliphatic heterocycles. The highest BCUT2D eigenvalue weighted by molar-refractivity contribution is 6.31. The maximum Gasteiger partial charge on any atom is 0.252 e. The predicted octanol–water partition coefficient (Wildman–Crippen LogP) is 0.539. The van der Waals surface area contributed by atoms with Crippen LogP contribution in [0.4, 0.5) is 0 Å². The number of pyridine rings is 1. The first kappa shape index (κ1) is 7.81. The van der Waals surface area contributed by atoms with E-state index in [1.807, 2.05) is 0 Å². The van der Waals surface area contributed by atoms with Crippen molar-refractivity contribution < 1.29 is 9.90 Å². The second kappa shape index (κ2) is 2.75. The molecule has 1 heterocycles. The molecule has 0 atom stereocenters. The van der Waals surface area contributed by atoms with E-state index in [2.05, 4.69) is 4.98 Å². The maximum absolute atomic E-state index is 10.5. The molecule has 1 aromatic rings. The fraction of sp³-hybridized carbons (Fsp3) is 0. The number of nitrogens with two attached hydrogens (primary N) is 1. The number of aromatic nitrogens is 1. The van der Waals surface area contributed by atoms with Crippen LogP contribution in [0.3, 0.4) is 0 Å². The summed E-state index contributed by atoms with van der Waals surface area (Å²) in [6.07, 6.45) is 1.29. The first-order chi connectivity index (χ1) is 5.13. The quantitative estimate of drug-likeness (QED) is 0.607. The van der Waals surface area contributed by atoms with Crippen LogP contribution in [0.1, 0.15) is 10.4 Å².